The Hall–Kier alpha value is -1.29. The van der Waals surface area contributed by atoms with E-state index in [4.69, 9.17) is 14.9 Å². The van der Waals surface area contributed by atoms with E-state index in [-0.39, 0.29) is 5.92 Å². The third-order valence-electron chi connectivity index (χ3n) is 3.13. The van der Waals surface area contributed by atoms with Gasteiger partial charge in [-0.15, -0.1) is 0 Å². The van der Waals surface area contributed by atoms with Crippen LogP contribution in [0.15, 0.2) is 10.5 Å². The van der Waals surface area contributed by atoms with E-state index >= 15 is 0 Å². The minimum absolute atomic E-state index is 0.0132. The largest absolute Gasteiger partial charge is 0.467 e. The molecule has 1 heterocycles. The van der Waals surface area contributed by atoms with Gasteiger partial charge >= 0.3 is 5.97 Å². The Morgan fingerprint density at radius 2 is 2.40 bits per heavy atom. The lowest BCUT2D eigenvalue weighted by atomic mass is 9.89. The van der Waals surface area contributed by atoms with E-state index in [0.717, 1.165) is 17.7 Å². The summed E-state index contributed by atoms with van der Waals surface area (Å²) in [6.07, 6.45) is 0.762. The third kappa shape index (κ3) is 1.21. The first-order chi connectivity index (χ1) is 7.00. The van der Waals surface area contributed by atoms with Crippen molar-refractivity contribution in [1.29, 1.82) is 0 Å². The number of furan rings is 1. The average Bonchev–Trinajstić information content (AvgIpc) is 2.65. The van der Waals surface area contributed by atoms with E-state index in [0.29, 0.717) is 5.76 Å². The summed E-state index contributed by atoms with van der Waals surface area (Å²) >= 11 is 0. The van der Waals surface area contributed by atoms with Crippen LogP contribution in [0.25, 0.3) is 0 Å². The van der Waals surface area contributed by atoms with Gasteiger partial charge in [0.15, 0.2) is 5.54 Å². The van der Waals surface area contributed by atoms with E-state index in [1.807, 2.05) is 19.9 Å². The Morgan fingerprint density at radius 1 is 1.73 bits per heavy atom. The van der Waals surface area contributed by atoms with Gasteiger partial charge in [-0.3, -0.25) is 0 Å². The molecule has 2 unspecified atom stereocenters. The molecule has 2 N–H and O–H groups in total. The Bertz CT molecular complexity index is 410. The molecule has 1 aliphatic carbocycles. The van der Waals surface area contributed by atoms with Crippen LogP contribution in [0, 0.1) is 12.8 Å². The molecule has 0 aliphatic heterocycles. The van der Waals surface area contributed by atoms with Gasteiger partial charge in [0.1, 0.15) is 11.5 Å². The molecule has 0 fully saturated rings. The van der Waals surface area contributed by atoms with Gasteiger partial charge in [0, 0.05) is 0 Å². The number of esters is 1. The van der Waals surface area contributed by atoms with Gasteiger partial charge in [0.25, 0.3) is 0 Å². The van der Waals surface area contributed by atoms with Gasteiger partial charge in [-0.05, 0) is 30.9 Å². The number of hydrogen-bond donors (Lipinski definition) is 1. The normalized spacial score (nSPS) is 28.9. The summed E-state index contributed by atoms with van der Waals surface area (Å²) < 4.78 is 10.3. The molecule has 0 spiro atoms. The first kappa shape index (κ1) is 10.2. The highest BCUT2D eigenvalue weighted by Crippen LogP contribution is 2.41. The summed E-state index contributed by atoms with van der Waals surface area (Å²) in [5.41, 5.74) is 6.02. The predicted molar refractivity (Wildman–Crippen MR) is 54.2 cm³/mol. The van der Waals surface area contributed by atoms with Crippen molar-refractivity contribution in [2.45, 2.75) is 25.8 Å². The lowest BCUT2D eigenvalue weighted by molar-refractivity contribution is -0.149. The van der Waals surface area contributed by atoms with Crippen molar-refractivity contribution in [3.05, 3.63) is 23.2 Å². The van der Waals surface area contributed by atoms with E-state index in [2.05, 4.69) is 0 Å². The number of fused-ring (bicyclic) bond motifs is 1. The highest BCUT2D eigenvalue weighted by molar-refractivity contribution is 5.83. The maximum Gasteiger partial charge on any atom is 0.334 e. The molecule has 82 valence electrons. The fourth-order valence-electron chi connectivity index (χ4n) is 2.25. The lowest BCUT2D eigenvalue weighted by Crippen LogP contribution is -2.48. The van der Waals surface area contributed by atoms with Gasteiger partial charge in [0.05, 0.1) is 7.11 Å². The van der Waals surface area contributed by atoms with Gasteiger partial charge in [-0.1, -0.05) is 6.92 Å². The zero-order valence-corrected chi connectivity index (χ0v) is 9.16. The molecule has 1 aliphatic rings. The Kier molecular flexibility index (Phi) is 2.12. The number of methoxy groups -OCH3 is 1. The van der Waals surface area contributed by atoms with E-state index in [9.17, 15) is 4.79 Å². The molecule has 0 bridgehead atoms. The van der Waals surface area contributed by atoms with Crippen LogP contribution in [0.5, 0.6) is 0 Å². The van der Waals surface area contributed by atoms with Crippen LogP contribution in [-0.2, 0) is 21.5 Å². The molecule has 0 aromatic carbocycles. The molecule has 0 radical (unpaired) electrons. The predicted octanol–water partition coefficient (Wildman–Crippen LogP) is 1.11. The Balaban J connectivity index is 2.52. The molecule has 0 saturated heterocycles. The molecule has 4 heteroatoms. The third-order valence-corrected chi connectivity index (χ3v) is 3.13. The molecule has 4 nitrogen and oxygen atoms in total. The van der Waals surface area contributed by atoms with Gasteiger partial charge in [-0.2, -0.15) is 0 Å². The van der Waals surface area contributed by atoms with Gasteiger partial charge < -0.3 is 14.9 Å². The van der Waals surface area contributed by atoms with Crippen molar-refractivity contribution in [3.8, 4) is 0 Å². The summed E-state index contributed by atoms with van der Waals surface area (Å²) in [5.74, 6) is 0.937. The zero-order valence-electron chi connectivity index (χ0n) is 9.16. The Morgan fingerprint density at radius 3 is 3.00 bits per heavy atom. The Labute approximate surface area is 88.4 Å². The monoisotopic (exact) mass is 209 g/mol. The number of rotatable bonds is 1. The van der Waals surface area contributed by atoms with Crippen molar-refractivity contribution in [2.75, 3.05) is 7.11 Å². The molecule has 2 atom stereocenters. The quantitative estimate of drug-likeness (QED) is 0.703. The van der Waals surface area contributed by atoms with Crippen molar-refractivity contribution >= 4 is 5.97 Å². The fourth-order valence-corrected chi connectivity index (χ4v) is 2.25. The molecule has 15 heavy (non-hydrogen) atoms. The fraction of sp³-hybridized carbons (Fsp3) is 0.545. The number of nitrogens with two attached hydrogens (primary N) is 1. The SMILES string of the molecule is COC(=O)C1(N)c2oc(C)cc2CC1C. The second-order valence-corrected chi connectivity index (χ2v) is 4.18. The minimum atomic E-state index is -1.11. The molecular weight excluding hydrogens is 194 g/mol. The van der Waals surface area contributed by atoms with E-state index in [1.165, 1.54) is 7.11 Å². The van der Waals surface area contributed by atoms with Gasteiger partial charge in [-0.25, -0.2) is 4.79 Å². The molecular formula is C11H15NO3. The minimum Gasteiger partial charge on any atom is -0.467 e. The second-order valence-electron chi connectivity index (χ2n) is 4.18. The summed E-state index contributed by atoms with van der Waals surface area (Å²) in [7, 11) is 1.34. The van der Waals surface area contributed by atoms with Crippen LogP contribution in [0.1, 0.15) is 24.0 Å². The van der Waals surface area contributed by atoms with Crippen molar-refractivity contribution < 1.29 is 13.9 Å². The zero-order chi connectivity index (χ0) is 11.2. The van der Waals surface area contributed by atoms with Crippen molar-refractivity contribution in [3.63, 3.8) is 0 Å². The lowest BCUT2D eigenvalue weighted by Gasteiger charge is -2.25. The maximum absolute atomic E-state index is 11.7. The highest BCUT2D eigenvalue weighted by Gasteiger charge is 2.51. The summed E-state index contributed by atoms with van der Waals surface area (Å²) in [4.78, 5) is 11.7. The van der Waals surface area contributed by atoms with Gasteiger partial charge in [0.2, 0.25) is 0 Å². The smallest absolute Gasteiger partial charge is 0.334 e. The summed E-state index contributed by atoms with van der Waals surface area (Å²) in [5, 5.41) is 0. The highest BCUT2D eigenvalue weighted by atomic mass is 16.5. The van der Waals surface area contributed by atoms with Crippen LogP contribution in [0.3, 0.4) is 0 Å². The summed E-state index contributed by atoms with van der Waals surface area (Å²) in [6, 6.07) is 1.93. The van der Waals surface area contributed by atoms with Crippen molar-refractivity contribution in [2.24, 2.45) is 11.7 Å². The summed E-state index contributed by atoms with van der Waals surface area (Å²) in [6.45, 7) is 3.78. The second kappa shape index (κ2) is 3.10. The number of aryl methyl sites for hydroxylation is 1. The van der Waals surface area contributed by atoms with E-state index in [1.54, 1.807) is 0 Å². The standard InChI is InChI=1S/C11H15NO3/c1-6-4-8-5-7(2)15-9(8)11(6,12)10(13)14-3/h5-6H,4,12H2,1-3H3. The molecule has 2 rings (SSSR count). The van der Waals surface area contributed by atoms with Crippen LogP contribution < -0.4 is 5.73 Å². The van der Waals surface area contributed by atoms with Crippen LogP contribution in [0.4, 0.5) is 0 Å². The van der Waals surface area contributed by atoms with Crippen LogP contribution >= 0.6 is 0 Å². The number of ether oxygens (including phenoxy) is 1. The first-order valence-electron chi connectivity index (χ1n) is 4.97. The topological polar surface area (TPSA) is 65.5 Å². The average molecular weight is 209 g/mol. The maximum atomic E-state index is 11.7. The van der Waals surface area contributed by atoms with Crippen molar-refractivity contribution in [1.82, 2.24) is 0 Å². The number of carbonyl (C=O) groups is 1. The van der Waals surface area contributed by atoms with Crippen LogP contribution in [-0.4, -0.2) is 13.1 Å². The number of carbonyl (C=O) groups excluding carboxylic acids is 1. The van der Waals surface area contributed by atoms with E-state index < -0.39 is 11.5 Å². The molecule has 1 aromatic rings. The molecule has 1 aromatic heterocycles. The number of hydrogen-bond acceptors (Lipinski definition) is 4. The molecule has 0 amide bonds. The molecule has 0 saturated carbocycles. The van der Waals surface area contributed by atoms with Crippen LogP contribution in [0.2, 0.25) is 0 Å². The first-order valence-corrected chi connectivity index (χ1v) is 4.97.